The van der Waals surface area contributed by atoms with Crippen molar-refractivity contribution in [1.82, 2.24) is 24.4 Å². The van der Waals surface area contributed by atoms with Crippen LogP contribution in [0.2, 0.25) is 0 Å². The van der Waals surface area contributed by atoms with Gasteiger partial charge in [-0.2, -0.15) is 0 Å². The first-order valence-corrected chi connectivity index (χ1v) is 9.77. The number of imidazole rings is 1. The highest BCUT2D eigenvalue weighted by molar-refractivity contribution is 7.51. The van der Waals surface area contributed by atoms with Gasteiger partial charge in [0.1, 0.15) is 18.2 Å². The van der Waals surface area contributed by atoms with E-state index in [1.54, 1.807) is 12.7 Å². The number of hydrogen-bond acceptors (Lipinski definition) is 6. The topological polar surface area (TPSA) is 114 Å². The first-order valence-electron chi connectivity index (χ1n) is 7.98. The summed E-state index contributed by atoms with van der Waals surface area (Å²) in [4.78, 5) is 33.1. The summed E-state index contributed by atoms with van der Waals surface area (Å²) < 4.78 is 17.6. The monoisotopic (exact) mass is 355 g/mol. The molecule has 2 N–H and O–H groups in total. The Morgan fingerprint density at radius 1 is 1.29 bits per heavy atom. The standard InChI is InChI=1S/C14H22N5O4P/c1-11(18-4-2-3-5-18)12-13-14(16-8-15-12)19(9-17-13)6-7-23-10-24(20,21)22/h8-9,11H,2-7,10H2,1H3,(H2,20,21,22). The lowest BCUT2D eigenvalue weighted by molar-refractivity contribution is 0.149. The van der Waals surface area contributed by atoms with E-state index in [2.05, 4.69) is 26.8 Å². The van der Waals surface area contributed by atoms with E-state index in [1.165, 1.54) is 12.8 Å². The molecule has 0 aromatic carbocycles. The number of rotatable bonds is 7. The number of fused-ring (bicyclic) bond motifs is 1. The van der Waals surface area contributed by atoms with E-state index in [0.717, 1.165) is 24.3 Å². The maximum Gasteiger partial charge on any atom is 0.350 e. The van der Waals surface area contributed by atoms with Crippen molar-refractivity contribution in [2.75, 3.05) is 26.0 Å². The van der Waals surface area contributed by atoms with Crippen molar-refractivity contribution in [3.8, 4) is 0 Å². The maximum atomic E-state index is 10.8. The van der Waals surface area contributed by atoms with Crippen LogP contribution in [0, 0.1) is 0 Å². The van der Waals surface area contributed by atoms with E-state index in [4.69, 9.17) is 14.5 Å². The number of hydrogen-bond donors (Lipinski definition) is 2. The largest absolute Gasteiger partial charge is 0.367 e. The Hall–Kier alpha value is -1.38. The number of nitrogens with zero attached hydrogens (tertiary/aromatic N) is 5. The van der Waals surface area contributed by atoms with Crippen LogP contribution in [0.3, 0.4) is 0 Å². The van der Waals surface area contributed by atoms with Crippen LogP contribution >= 0.6 is 7.60 Å². The molecule has 9 nitrogen and oxygen atoms in total. The molecule has 2 aromatic heterocycles. The number of ether oxygens (including phenoxy) is 1. The molecule has 1 atom stereocenters. The van der Waals surface area contributed by atoms with Crippen molar-refractivity contribution < 1.29 is 19.1 Å². The molecule has 1 aliphatic heterocycles. The van der Waals surface area contributed by atoms with Crippen LogP contribution in [0.4, 0.5) is 0 Å². The lowest BCUT2D eigenvalue weighted by atomic mass is 10.2. The highest BCUT2D eigenvalue weighted by Crippen LogP contribution is 2.33. The molecule has 0 radical (unpaired) electrons. The molecule has 0 saturated carbocycles. The summed E-state index contributed by atoms with van der Waals surface area (Å²) in [5.74, 6) is 0. The minimum atomic E-state index is -4.13. The molecule has 1 fully saturated rings. The van der Waals surface area contributed by atoms with Gasteiger partial charge in [-0.1, -0.05) is 0 Å². The maximum absolute atomic E-state index is 10.8. The molecule has 1 aliphatic rings. The molecule has 3 heterocycles. The molecular formula is C14H22N5O4P. The SMILES string of the molecule is CC(c1ncnc2c1ncn2CCOCP(=O)(O)O)N1CCCC1. The zero-order valence-electron chi connectivity index (χ0n) is 13.6. The molecule has 0 spiro atoms. The highest BCUT2D eigenvalue weighted by Gasteiger charge is 2.23. The lowest BCUT2D eigenvalue weighted by Gasteiger charge is -2.23. The second-order valence-corrected chi connectivity index (χ2v) is 7.58. The Balaban J connectivity index is 1.72. The van der Waals surface area contributed by atoms with Gasteiger partial charge in [-0.05, 0) is 32.9 Å². The Bertz CT molecular complexity index is 740. The third kappa shape index (κ3) is 3.99. The summed E-state index contributed by atoms with van der Waals surface area (Å²) in [6.07, 6.45) is 5.05. The van der Waals surface area contributed by atoms with Crippen LogP contribution in [0.15, 0.2) is 12.7 Å². The van der Waals surface area contributed by atoms with Gasteiger partial charge in [-0.3, -0.25) is 9.46 Å². The van der Waals surface area contributed by atoms with E-state index in [9.17, 15) is 4.57 Å². The summed E-state index contributed by atoms with van der Waals surface area (Å²) >= 11 is 0. The van der Waals surface area contributed by atoms with Crippen LogP contribution in [0.1, 0.15) is 31.5 Å². The average Bonchev–Trinajstić information content (AvgIpc) is 3.19. The van der Waals surface area contributed by atoms with Crippen molar-refractivity contribution in [2.24, 2.45) is 0 Å². The van der Waals surface area contributed by atoms with Gasteiger partial charge < -0.3 is 19.1 Å². The molecule has 132 valence electrons. The summed E-state index contributed by atoms with van der Waals surface area (Å²) in [5.41, 5.74) is 2.40. The number of aromatic nitrogens is 4. The van der Waals surface area contributed by atoms with Gasteiger partial charge in [0.05, 0.1) is 24.7 Å². The molecule has 0 bridgehead atoms. The fourth-order valence-electron chi connectivity index (χ4n) is 3.02. The quantitative estimate of drug-likeness (QED) is 0.561. The van der Waals surface area contributed by atoms with Gasteiger partial charge >= 0.3 is 7.60 Å². The molecule has 1 unspecified atom stereocenters. The minimum absolute atomic E-state index is 0.178. The van der Waals surface area contributed by atoms with E-state index in [-0.39, 0.29) is 12.6 Å². The molecular weight excluding hydrogens is 333 g/mol. The molecule has 2 aromatic rings. The van der Waals surface area contributed by atoms with Crippen LogP contribution in [0.5, 0.6) is 0 Å². The second kappa shape index (κ2) is 7.25. The van der Waals surface area contributed by atoms with Crippen LogP contribution in [-0.4, -0.2) is 60.3 Å². The zero-order chi connectivity index (χ0) is 17.2. The van der Waals surface area contributed by atoms with Gasteiger partial charge in [0, 0.05) is 6.54 Å². The van der Waals surface area contributed by atoms with Gasteiger partial charge in [-0.15, -0.1) is 0 Å². The predicted molar refractivity (Wildman–Crippen MR) is 87.4 cm³/mol. The van der Waals surface area contributed by atoms with Gasteiger partial charge in [-0.25, -0.2) is 15.0 Å². The van der Waals surface area contributed by atoms with E-state index < -0.39 is 13.9 Å². The smallest absolute Gasteiger partial charge is 0.350 e. The fourth-order valence-corrected chi connectivity index (χ4v) is 3.38. The van der Waals surface area contributed by atoms with Crippen molar-refractivity contribution in [1.29, 1.82) is 0 Å². The Kier molecular flexibility index (Phi) is 5.27. The van der Waals surface area contributed by atoms with E-state index >= 15 is 0 Å². The van der Waals surface area contributed by atoms with Crippen molar-refractivity contribution >= 4 is 18.8 Å². The molecule has 1 saturated heterocycles. The predicted octanol–water partition coefficient (Wildman–Crippen LogP) is 1.13. The van der Waals surface area contributed by atoms with Gasteiger partial charge in [0.2, 0.25) is 0 Å². The fraction of sp³-hybridized carbons (Fsp3) is 0.643. The van der Waals surface area contributed by atoms with Crippen molar-refractivity contribution in [3.63, 3.8) is 0 Å². The first-order chi connectivity index (χ1) is 11.5. The minimum Gasteiger partial charge on any atom is -0.367 e. The molecule has 24 heavy (non-hydrogen) atoms. The highest BCUT2D eigenvalue weighted by atomic mass is 31.2. The zero-order valence-corrected chi connectivity index (χ0v) is 14.5. The normalized spacial score (nSPS) is 17.6. The van der Waals surface area contributed by atoms with Gasteiger partial charge in [0.15, 0.2) is 5.65 Å². The van der Waals surface area contributed by atoms with Crippen LogP contribution in [0.25, 0.3) is 11.2 Å². The summed E-state index contributed by atoms with van der Waals surface area (Å²) in [5, 5.41) is 0. The first kappa shape index (κ1) is 17.4. The third-order valence-corrected chi connectivity index (χ3v) is 4.77. The Morgan fingerprint density at radius 3 is 2.75 bits per heavy atom. The van der Waals surface area contributed by atoms with Gasteiger partial charge in [0.25, 0.3) is 0 Å². The molecule has 3 rings (SSSR count). The van der Waals surface area contributed by atoms with Crippen LogP contribution < -0.4 is 0 Å². The Labute approximate surface area is 139 Å². The van der Waals surface area contributed by atoms with E-state index in [1.807, 2.05) is 4.57 Å². The summed E-state index contributed by atoms with van der Waals surface area (Å²) in [6, 6.07) is 0.187. The number of likely N-dealkylation sites (tertiary alicyclic amines) is 1. The molecule has 0 aliphatic carbocycles. The van der Waals surface area contributed by atoms with Crippen LogP contribution in [-0.2, 0) is 15.8 Å². The molecule has 0 amide bonds. The Morgan fingerprint density at radius 2 is 2.04 bits per heavy atom. The van der Waals surface area contributed by atoms with Crippen molar-refractivity contribution in [3.05, 3.63) is 18.3 Å². The summed E-state index contributed by atoms with van der Waals surface area (Å²) in [7, 11) is -4.13. The summed E-state index contributed by atoms with van der Waals surface area (Å²) in [6.45, 7) is 4.88. The second-order valence-electron chi connectivity index (χ2n) is 5.99. The van der Waals surface area contributed by atoms with E-state index in [0.29, 0.717) is 12.2 Å². The third-order valence-electron chi connectivity index (χ3n) is 4.25. The molecule has 10 heteroatoms. The lowest BCUT2D eigenvalue weighted by Crippen LogP contribution is -2.24. The average molecular weight is 355 g/mol. The van der Waals surface area contributed by atoms with Crippen molar-refractivity contribution in [2.45, 2.75) is 32.4 Å².